The number of primary amides is 1. The van der Waals surface area contributed by atoms with Crippen molar-refractivity contribution in [3.8, 4) is 11.5 Å². The van der Waals surface area contributed by atoms with Gasteiger partial charge in [-0.3, -0.25) is 24.1 Å². The van der Waals surface area contributed by atoms with Gasteiger partial charge in [0.05, 0.1) is 36.7 Å². The smallest absolute Gasteiger partial charge is 0.412 e. The first-order valence-corrected chi connectivity index (χ1v) is 17.7. The summed E-state index contributed by atoms with van der Waals surface area (Å²) in [5, 5.41) is 34.9. The number of amides is 2. The highest BCUT2D eigenvalue weighted by atomic mass is 16.7. The van der Waals surface area contributed by atoms with Crippen LogP contribution in [-0.4, -0.2) is 121 Å². The summed E-state index contributed by atoms with van der Waals surface area (Å²) < 4.78 is 15.6. The number of nitrogens with zero attached hydrogens (tertiary/aromatic N) is 3. The first kappa shape index (κ1) is 40.7. The van der Waals surface area contributed by atoms with Crippen LogP contribution in [0.2, 0.25) is 0 Å². The van der Waals surface area contributed by atoms with Crippen molar-refractivity contribution in [1.29, 1.82) is 0 Å². The van der Waals surface area contributed by atoms with Gasteiger partial charge in [0, 0.05) is 37.8 Å². The molecule has 2 aromatic rings. The van der Waals surface area contributed by atoms with Crippen molar-refractivity contribution in [3.63, 3.8) is 0 Å². The normalized spacial score (nSPS) is 23.4. The maximum atomic E-state index is 14.5. The fraction of sp³-hybridized carbons (Fsp3) is 0.487. The number of ketones is 3. The fourth-order valence-electron chi connectivity index (χ4n) is 8.08. The molecule has 0 radical (unpaired) electrons. The second kappa shape index (κ2) is 15.0. The van der Waals surface area contributed by atoms with E-state index in [1.54, 1.807) is 37.2 Å². The van der Waals surface area contributed by atoms with Gasteiger partial charge in [-0.1, -0.05) is 20.8 Å². The molecule has 3 aliphatic carbocycles. The molecule has 3 aliphatic rings. The van der Waals surface area contributed by atoms with Crippen molar-refractivity contribution in [2.75, 3.05) is 53.5 Å². The fourth-order valence-corrected chi connectivity index (χ4v) is 8.08. The van der Waals surface area contributed by atoms with Crippen LogP contribution in [0, 0.1) is 23.2 Å². The largest absolute Gasteiger partial charge is 0.508 e. The van der Waals surface area contributed by atoms with E-state index in [9.17, 15) is 44.1 Å². The van der Waals surface area contributed by atoms with Crippen LogP contribution in [0.1, 0.15) is 59.0 Å². The molecular weight excluding hydrogens is 716 g/mol. The maximum Gasteiger partial charge on any atom is 0.412 e. The lowest BCUT2D eigenvalue weighted by atomic mass is 9.54. The molecule has 0 aliphatic heterocycles. The number of hydrogen-bond acceptors (Lipinski definition) is 14. The van der Waals surface area contributed by atoms with Gasteiger partial charge >= 0.3 is 12.1 Å². The molecule has 1 saturated carbocycles. The van der Waals surface area contributed by atoms with E-state index in [1.165, 1.54) is 43.1 Å². The molecule has 0 heterocycles. The van der Waals surface area contributed by atoms with Crippen molar-refractivity contribution in [1.82, 2.24) is 9.80 Å². The lowest BCUT2D eigenvalue weighted by Gasteiger charge is -2.52. The molecule has 296 valence electrons. The Morgan fingerprint density at radius 3 is 2.16 bits per heavy atom. The van der Waals surface area contributed by atoms with Gasteiger partial charge in [0.1, 0.15) is 22.8 Å². The Bertz CT molecular complexity index is 1970. The van der Waals surface area contributed by atoms with Crippen LogP contribution < -0.4 is 15.4 Å². The Morgan fingerprint density at radius 1 is 0.982 bits per heavy atom. The third-order valence-corrected chi connectivity index (χ3v) is 10.4. The van der Waals surface area contributed by atoms with Gasteiger partial charge in [0.25, 0.3) is 5.91 Å². The number of phenols is 1. The average molecular weight is 765 g/mol. The summed E-state index contributed by atoms with van der Waals surface area (Å²) in [4.78, 5) is 85.0. The zero-order chi connectivity index (χ0) is 40.9. The van der Waals surface area contributed by atoms with Crippen molar-refractivity contribution in [2.24, 2.45) is 28.9 Å². The molecular formula is C39H48N4O12. The number of phenolic OH excluding ortho intramolecular Hbond substituents is 1. The minimum absolute atomic E-state index is 0.0631. The van der Waals surface area contributed by atoms with Crippen LogP contribution in [-0.2, 0) is 36.8 Å². The van der Waals surface area contributed by atoms with Gasteiger partial charge < -0.3 is 45.1 Å². The number of hydrogen-bond donors (Lipinski definition) is 4. The molecule has 1 fully saturated rings. The number of benzene rings is 2. The molecule has 0 saturated heterocycles. The van der Waals surface area contributed by atoms with Crippen LogP contribution in [0.25, 0.3) is 0 Å². The van der Waals surface area contributed by atoms with E-state index in [4.69, 9.17) is 19.9 Å². The van der Waals surface area contributed by atoms with E-state index in [2.05, 4.69) is 0 Å². The number of rotatable bonds is 10. The zero-order valence-electron chi connectivity index (χ0n) is 32.2. The van der Waals surface area contributed by atoms with E-state index in [1.807, 2.05) is 20.8 Å². The molecule has 16 heteroatoms. The number of carbonyl (C=O) groups excluding carboxylic acids is 6. The van der Waals surface area contributed by atoms with Crippen molar-refractivity contribution >= 4 is 41.0 Å². The number of aliphatic hydroxyl groups is 2. The van der Waals surface area contributed by atoms with Gasteiger partial charge in [-0.15, -0.1) is 0 Å². The molecule has 16 nitrogen and oxygen atoms in total. The lowest BCUT2D eigenvalue weighted by Crippen LogP contribution is -2.68. The summed E-state index contributed by atoms with van der Waals surface area (Å²) in [6.45, 7) is 4.75. The minimum atomic E-state index is -2.79. The SMILES string of the molecule is COc1ccc(C(=O)OCOC(=O)N(Cc2cc(N(C)C)c3c(c2O)C(=O)C2C(=O)[C@]4(O)C(O)=C(C(N)=O)C(=O)[C@@H](N(C)C)C4CC2C3)CC(C)(C)C)cc1. The number of anilines is 1. The Morgan fingerprint density at radius 2 is 1.62 bits per heavy atom. The number of likely N-dealkylation sites (N-methyl/N-ethyl adjacent to an activating group) is 1. The summed E-state index contributed by atoms with van der Waals surface area (Å²) in [6.07, 6.45) is -0.856. The van der Waals surface area contributed by atoms with Crippen LogP contribution in [0.5, 0.6) is 11.5 Å². The van der Waals surface area contributed by atoms with Crippen molar-refractivity contribution < 1.29 is 58.3 Å². The number of ether oxygens (including phenoxy) is 3. The standard InChI is InChI=1S/C39H48N4O12/c1-38(2,3)17-43(37(51)55-18-54-36(50)19-9-11-22(53-8)12-10-19)16-21-15-25(41(4)5)23-13-20-14-24-29(42(6)7)32(46)28(35(40)49)34(48)39(24,52)33(47)26(20)31(45)27(23)30(21)44/h9-12,15,20,24,26,29,44,48,52H,13-14,16-18H2,1-8H3,(H2,40,49)/t20?,24?,26?,29-,39-/m0/s1. The predicted octanol–water partition coefficient (Wildman–Crippen LogP) is 2.37. The van der Waals surface area contributed by atoms with Gasteiger partial charge in [0.2, 0.25) is 6.79 Å². The van der Waals surface area contributed by atoms with E-state index in [0.29, 0.717) is 17.0 Å². The highest BCUT2D eigenvalue weighted by molar-refractivity contribution is 6.25. The summed E-state index contributed by atoms with van der Waals surface area (Å²) >= 11 is 0. The molecule has 0 aromatic heterocycles. The molecule has 5 atom stereocenters. The van der Waals surface area contributed by atoms with E-state index < -0.39 is 94.0 Å². The van der Waals surface area contributed by atoms with E-state index >= 15 is 0 Å². The number of methoxy groups -OCH3 is 1. The minimum Gasteiger partial charge on any atom is -0.508 e. The van der Waals surface area contributed by atoms with Crippen LogP contribution >= 0.6 is 0 Å². The Kier molecular flexibility index (Phi) is 11.1. The van der Waals surface area contributed by atoms with Crippen molar-refractivity contribution in [2.45, 2.75) is 51.8 Å². The van der Waals surface area contributed by atoms with Gasteiger partial charge in [-0.25, -0.2) is 9.59 Å². The van der Waals surface area contributed by atoms with E-state index in [0.717, 1.165) is 0 Å². The van der Waals surface area contributed by atoms with Gasteiger partial charge in [0.15, 0.2) is 23.0 Å². The zero-order valence-corrected chi connectivity index (χ0v) is 32.2. The summed E-state index contributed by atoms with van der Waals surface area (Å²) in [5.41, 5.74) is 2.34. The predicted molar refractivity (Wildman–Crippen MR) is 196 cm³/mol. The Labute approximate surface area is 318 Å². The Hall–Kier alpha value is -5.48. The number of nitrogens with two attached hydrogens (primary N) is 1. The molecule has 5 rings (SSSR count). The molecule has 5 N–H and O–H groups in total. The summed E-state index contributed by atoms with van der Waals surface area (Å²) in [5.74, 6) is -9.52. The van der Waals surface area contributed by atoms with Crippen LogP contribution in [0.4, 0.5) is 10.5 Å². The van der Waals surface area contributed by atoms with Crippen LogP contribution in [0.15, 0.2) is 41.7 Å². The number of fused-ring (bicyclic) bond motifs is 3. The van der Waals surface area contributed by atoms with Gasteiger partial charge in [-0.2, -0.15) is 0 Å². The highest BCUT2D eigenvalue weighted by Crippen LogP contribution is 2.53. The second-order valence-electron chi connectivity index (χ2n) is 15.9. The molecule has 3 unspecified atom stereocenters. The number of aromatic hydroxyl groups is 1. The number of aliphatic hydroxyl groups excluding tert-OH is 1. The first-order chi connectivity index (χ1) is 25.6. The average Bonchev–Trinajstić information content (AvgIpc) is 3.09. The second-order valence-corrected chi connectivity index (χ2v) is 15.9. The summed E-state index contributed by atoms with van der Waals surface area (Å²) in [7, 11) is 8.00. The topological polar surface area (TPSA) is 227 Å². The van der Waals surface area contributed by atoms with Crippen molar-refractivity contribution in [3.05, 3.63) is 63.9 Å². The molecule has 2 aromatic carbocycles. The third-order valence-electron chi connectivity index (χ3n) is 10.4. The molecule has 0 spiro atoms. The van der Waals surface area contributed by atoms with Crippen LogP contribution in [0.3, 0.4) is 0 Å². The van der Waals surface area contributed by atoms with E-state index in [-0.39, 0.29) is 42.6 Å². The first-order valence-electron chi connectivity index (χ1n) is 17.7. The maximum absolute atomic E-state index is 14.5. The lowest BCUT2D eigenvalue weighted by molar-refractivity contribution is -0.163. The number of carbonyl (C=O) groups is 6. The molecule has 0 bridgehead atoms. The molecule has 2 amide bonds. The third kappa shape index (κ3) is 7.35. The Balaban J connectivity index is 1.48. The highest BCUT2D eigenvalue weighted by Gasteiger charge is 2.66. The molecule has 55 heavy (non-hydrogen) atoms. The van der Waals surface area contributed by atoms with Gasteiger partial charge in [-0.05, 0) is 74.2 Å². The number of esters is 1. The summed E-state index contributed by atoms with van der Waals surface area (Å²) in [6, 6.07) is 6.56. The number of Topliss-reactive ketones (excluding diaryl/α,β-unsaturated/α-hetero) is 3. The quantitative estimate of drug-likeness (QED) is 0.118. The monoisotopic (exact) mass is 764 g/mol.